The van der Waals surface area contributed by atoms with E-state index >= 15 is 0 Å². The quantitative estimate of drug-likeness (QED) is 0.0305. The predicted molar refractivity (Wildman–Crippen MR) is 323 cm³/mol. The summed E-state index contributed by atoms with van der Waals surface area (Å²) >= 11 is 12.5. The summed E-state index contributed by atoms with van der Waals surface area (Å²) in [4.78, 5) is 43.3. The standard InChI is InChI=1S/C53H38Cl2N18O21S5.2Cu/c1-73(53-62-49(55)61-52(64-53)58-37-22-31(98(89,90)91)24-39(43(37)75)68-72-45(26-10-6-3-7-11-26)70-66-35-20-29(96(83,84)85)14-16-33(35)47(78)79)40-18-27(12-17-41(40)99(92,93)94)56-50-59-48(54)60-51(63-50)57-36-21-30(97(86,87)88)23-38(42(36)74)67-71-44(25-8-4-2-5-9-25)69-65-34-19-28(95(80,81)82)13-15-32(34)46(76)77;;/h2-24,74-75H,1H3,(H,76,77)(H,78,79)(H,80,81,82)(H,83,84,85)(H,86,87,88)(H,89,90,91)(H,92,93,94)(H,58,61,62,64)(H2,56,57,59,60,63);;/q-2;2*+2/p-9. The van der Waals surface area contributed by atoms with Gasteiger partial charge >= 0.3 is 34.1 Å². The number of hydrogen-bond acceptors (Lipinski definition) is 39. The maximum atomic E-state index is 14.0. The van der Waals surface area contributed by atoms with Crippen molar-refractivity contribution >= 4 is 155 Å². The van der Waals surface area contributed by atoms with E-state index in [1.807, 2.05) is 0 Å². The summed E-state index contributed by atoms with van der Waals surface area (Å²) in [6, 6.07) is 23.0. The molecule has 0 aliphatic rings. The minimum Gasteiger partial charge on any atom is -0.870 e. The Morgan fingerprint density at radius 3 is 1.19 bits per heavy atom. The largest absolute Gasteiger partial charge is 2.00 e. The van der Waals surface area contributed by atoms with Gasteiger partial charge in [-0.2, -0.15) is 95.1 Å². The SMILES string of the molecule is CN(c1nc(Cl)nc(Nc2cc(S(=O)(=O)[O-])cc(N=N[C-](N=Nc3cc(S(=O)(=O)[O-])ccc3C(=O)[O-])c3ccccc3)c2[O-])n1)c1cc(Nc2nc(Cl)nc(Nc3cc(S(=O)(=O)[O-])cc(N=N[C-](N=Nc4cc(S(=O)(=O)[O-])ccc4C(=O)[O-])c4ccccc4)c3[O-])n2)ccc1S(=O)(=O)[O-].[Cu+2].[Cu+2]. The van der Waals surface area contributed by atoms with Crippen molar-refractivity contribution in [2.75, 3.05) is 27.9 Å². The van der Waals surface area contributed by atoms with Crippen LogP contribution in [0.2, 0.25) is 10.6 Å². The molecule has 9 rings (SSSR count). The van der Waals surface area contributed by atoms with Crippen LogP contribution in [0.25, 0.3) is 0 Å². The van der Waals surface area contributed by atoms with E-state index in [1.165, 1.54) is 60.7 Å². The molecule has 0 atom stereocenters. The maximum Gasteiger partial charge on any atom is 2.00 e. The number of carboxylic acids is 2. The molecule has 101 heavy (non-hydrogen) atoms. The average molecular weight is 1610 g/mol. The molecule has 0 saturated heterocycles. The van der Waals surface area contributed by atoms with E-state index in [1.54, 1.807) is 0 Å². The van der Waals surface area contributed by atoms with Gasteiger partial charge in [0.15, 0.2) is 0 Å². The van der Waals surface area contributed by atoms with Gasteiger partial charge in [0.1, 0.15) is 50.6 Å². The average Bonchev–Trinajstić information content (AvgIpc) is 0.788. The first-order valence-electron chi connectivity index (χ1n) is 26.1. The Labute approximate surface area is 599 Å². The molecule has 39 nitrogen and oxygen atoms in total. The second-order valence-electron chi connectivity index (χ2n) is 19.1. The molecule has 0 fully saturated rings. The van der Waals surface area contributed by atoms with Crippen LogP contribution in [0, 0.1) is 12.3 Å². The van der Waals surface area contributed by atoms with Gasteiger partial charge in [-0.3, -0.25) is 0 Å². The molecule has 48 heteroatoms. The molecule has 7 aromatic carbocycles. The number of nitrogens with one attached hydrogen (secondary N) is 3. The van der Waals surface area contributed by atoms with Crippen LogP contribution in [-0.4, -0.2) is 114 Å². The first-order valence-corrected chi connectivity index (χ1v) is 33.9. The number of rotatable bonds is 25. The Hall–Kier alpha value is -10.4. The van der Waals surface area contributed by atoms with E-state index < -0.39 is 196 Å². The van der Waals surface area contributed by atoms with Crippen molar-refractivity contribution in [1.29, 1.82) is 0 Å². The second-order valence-corrected chi connectivity index (χ2v) is 26.7. The molecule has 0 aliphatic heterocycles. The molecule has 530 valence electrons. The Kier molecular flexibility index (Phi) is 24.3. The minimum atomic E-state index is -5.49. The van der Waals surface area contributed by atoms with Gasteiger partial charge in [0.05, 0.1) is 77.2 Å². The van der Waals surface area contributed by atoms with Crippen LogP contribution >= 0.6 is 23.2 Å². The van der Waals surface area contributed by atoms with E-state index in [0.717, 1.165) is 30.1 Å². The normalized spacial score (nSPS) is 12.1. The molecular weight excluding hydrogens is 1580 g/mol. The summed E-state index contributed by atoms with van der Waals surface area (Å²) in [6.45, 7) is 0. The third-order valence-corrected chi connectivity index (χ3v) is 17.0. The van der Waals surface area contributed by atoms with Crippen LogP contribution in [0.4, 0.5) is 69.3 Å². The van der Waals surface area contributed by atoms with Crippen molar-refractivity contribution in [2.24, 2.45) is 40.9 Å². The number of halogens is 2. The molecule has 2 radical (unpaired) electrons. The Balaban J connectivity index is 0.00000716. The Morgan fingerprint density at radius 2 is 0.802 bits per heavy atom. The van der Waals surface area contributed by atoms with E-state index in [-0.39, 0.29) is 51.0 Å². The van der Waals surface area contributed by atoms with Crippen molar-refractivity contribution in [1.82, 2.24) is 29.9 Å². The Bertz CT molecular complexity index is 5480. The summed E-state index contributed by atoms with van der Waals surface area (Å²) in [5, 5.41) is 87.9. The van der Waals surface area contributed by atoms with Crippen LogP contribution in [0.1, 0.15) is 31.8 Å². The summed E-state index contributed by atoms with van der Waals surface area (Å²) in [7, 11) is -25.7. The van der Waals surface area contributed by atoms with Gasteiger partial charge in [0, 0.05) is 35.2 Å². The van der Waals surface area contributed by atoms with Crippen molar-refractivity contribution < 1.29 is 129 Å². The van der Waals surface area contributed by atoms with Crippen LogP contribution in [0.3, 0.4) is 0 Å². The van der Waals surface area contributed by atoms with E-state index in [9.17, 15) is 94.9 Å². The molecule has 9 aromatic rings. The third kappa shape index (κ3) is 19.8. The number of carboxylic acid groups (broad SMARTS) is 2. The molecule has 2 aromatic heterocycles. The predicted octanol–water partition coefficient (Wildman–Crippen LogP) is 4.56. The van der Waals surface area contributed by atoms with E-state index in [2.05, 4.69) is 86.8 Å². The number of benzene rings is 7. The molecule has 0 bridgehead atoms. The molecule has 0 aliphatic carbocycles. The fourth-order valence-electron chi connectivity index (χ4n) is 8.05. The fraction of sp³-hybridized carbons (Fsp3) is 0.0189. The van der Waals surface area contributed by atoms with Crippen molar-refractivity contribution in [3.05, 3.63) is 185 Å². The molecule has 0 spiro atoms. The van der Waals surface area contributed by atoms with Crippen molar-refractivity contribution in [3.63, 3.8) is 0 Å². The molecule has 0 amide bonds. The molecule has 0 unspecified atom stereocenters. The minimum absolute atomic E-state index is 0. The molecule has 2 heterocycles. The monoisotopic (exact) mass is 1610 g/mol. The number of hydrogen-bond donors (Lipinski definition) is 3. The van der Waals surface area contributed by atoms with Gasteiger partial charge in [-0.25, -0.2) is 42.1 Å². The van der Waals surface area contributed by atoms with Crippen LogP contribution < -0.4 is 41.3 Å². The van der Waals surface area contributed by atoms with Crippen LogP contribution in [0.15, 0.2) is 205 Å². The number of nitrogens with zero attached hydrogens (tertiary/aromatic N) is 15. The zero-order chi connectivity index (χ0) is 72.1. The zero-order valence-corrected chi connectivity index (χ0v) is 56.4. The number of aromatic carboxylic acids is 2. The zero-order valence-electron chi connectivity index (χ0n) is 49.0. The smallest absolute Gasteiger partial charge is 0.870 e. The van der Waals surface area contributed by atoms with Gasteiger partial charge in [-0.15, -0.1) is 35.4 Å². The summed E-state index contributed by atoms with van der Waals surface area (Å²) < 4.78 is 184. The first-order chi connectivity index (χ1) is 46.4. The van der Waals surface area contributed by atoms with Gasteiger partial charge < -0.3 is 73.6 Å². The van der Waals surface area contributed by atoms with Crippen LogP contribution in [-0.2, 0) is 84.7 Å². The summed E-state index contributed by atoms with van der Waals surface area (Å²) in [6.07, 6.45) is -1.13. The number of azo groups is 4. The molecule has 0 saturated carbocycles. The van der Waals surface area contributed by atoms with Crippen molar-refractivity contribution in [2.45, 2.75) is 24.5 Å². The van der Waals surface area contributed by atoms with Crippen molar-refractivity contribution in [3.8, 4) is 11.5 Å². The van der Waals surface area contributed by atoms with Crippen LogP contribution in [0.5, 0.6) is 11.5 Å². The van der Waals surface area contributed by atoms with E-state index in [0.29, 0.717) is 60.7 Å². The number of carbonyl (C=O) groups excluding carboxylic acids is 2. The summed E-state index contributed by atoms with van der Waals surface area (Å²) in [5.74, 6) is -8.82. The maximum absolute atomic E-state index is 14.0. The molecule has 3 N–H and O–H groups in total. The topological polar surface area (TPSA) is 628 Å². The summed E-state index contributed by atoms with van der Waals surface area (Å²) in [5.41, 5.74) is -7.04. The van der Waals surface area contributed by atoms with E-state index in [4.69, 9.17) is 23.2 Å². The number of anilines is 8. The fourth-order valence-corrected chi connectivity index (χ4v) is 11.1. The number of aromatic nitrogens is 6. The Morgan fingerprint density at radius 1 is 0.436 bits per heavy atom. The molecular formula is C53H29Cl2Cu2N18O21S5-7. The third-order valence-electron chi connectivity index (χ3n) is 12.5. The van der Waals surface area contributed by atoms with Gasteiger partial charge in [-0.05, 0) is 102 Å². The first kappa shape index (κ1) is 78.0. The second kappa shape index (κ2) is 31.4. The van der Waals surface area contributed by atoms with Gasteiger partial charge in [0.2, 0.25) is 34.4 Å². The number of carbonyl (C=O) groups is 2. The van der Waals surface area contributed by atoms with Gasteiger partial charge in [-0.1, -0.05) is 23.6 Å². The van der Waals surface area contributed by atoms with Gasteiger partial charge in [0.25, 0.3) is 0 Å².